The summed E-state index contributed by atoms with van der Waals surface area (Å²) in [6.45, 7) is 0.402. The number of carbonyl (C=O) groups is 2. The zero-order chi connectivity index (χ0) is 13.7. The Balaban J connectivity index is 2.50. The van der Waals surface area contributed by atoms with Crippen molar-refractivity contribution < 1.29 is 9.59 Å². The highest BCUT2D eigenvalue weighted by Gasteiger charge is 2.18. The van der Waals surface area contributed by atoms with Crippen LogP contribution in [0.15, 0.2) is 15.2 Å². The fraction of sp³-hybridized carbons (Fsp3) is 0.300. The van der Waals surface area contributed by atoms with Crippen LogP contribution >= 0.6 is 39.5 Å². The van der Waals surface area contributed by atoms with Crippen LogP contribution in [-0.2, 0) is 16.1 Å². The van der Waals surface area contributed by atoms with Crippen molar-refractivity contribution in [1.82, 2.24) is 10.2 Å². The van der Waals surface area contributed by atoms with E-state index >= 15 is 0 Å². The molecule has 0 fully saturated rings. The van der Waals surface area contributed by atoms with Gasteiger partial charge in [-0.3, -0.25) is 9.59 Å². The van der Waals surface area contributed by atoms with E-state index in [0.717, 1.165) is 9.35 Å². The van der Waals surface area contributed by atoms with E-state index in [0.29, 0.717) is 6.54 Å². The molecule has 3 N–H and O–H groups in total. The lowest BCUT2D eigenvalue weighted by atomic mass is 10.3. The molecule has 0 saturated carbocycles. The smallest absolute Gasteiger partial charge is 0.311 e. The van der Waals surface area contributed by atoms with E-state index in [-0.39, 0.29) is 11.5 Å². The molecule has 0 atom stereocenters. The van der Waals surface area contributed by atoms with Crippen molar-refractivity contribution in [2.24, 2.45) is 5.73 Å². The van der Waals surface area contributed by atoms with Crippen LogP contribution < -0.4 is 11.1 Å². The number of nitrogens with one attached hydrogen (secondary N) is 1. The molecule has 0 aliphatic rings. The fourth-order valence-electron chi connectivity index (χ4n) is 1.19. The van der Waals surface area contributed by atoms with Gasteiger partial charge in [-0.2, -0.15) is 0 Å². The lowest BCUT2D eigenvalue weighted by Crippen LogP contribution is -2.43. The van der Waals surface area contributed by atoms with Gasteiger partial charge in [-0.25, -0.2) is 0 Å². The molecular weight excluding hydrogens is 338 g/mol. The standard InChI is InChI=1S/C10H12BrN3O2S2/c1-14(4-6-2-7(11)18-5-6)10(16)9(15)13-3-8(12)17/h2,5H,3-4H2,1H3,(H2,12,17)(H,13,15). The Morgan fingerprint density at radius 1 is 1.61 bits per heavy atom. The third-order valence-corrected chi connectivity index (χ3v) is 3.70. The van der Waals surface area contributed by atoms with Gasteiger partial charge in [0.25, 0.3) is 0 Å². The molecule has 18 heavy (non-hydrogen) atoms. The van der Waals surface area contributed by atoms with E-state index in [1.54, 1.807) is 7.05 Å². The van der Waals surface area contributed by atoms with Gasteiger partial charge in [0.05, 0.1) is 15.3 Å². The maximum absolute atomic E-state index is 11.7. The van der Waals surface area contributed by atoms with Crippen molar-refractivity contribution >= 4 is 56.3 Å². The van der Waals surface area contributed by atoms with Gasteiger partial charge in [0.1, 0.15) is 0 Å². The van der Waals surface area contributed by atoms with Crippen molar-refractivity contribution in [3.05, 3.63) is 20.8 Å². The highest BCUT2D eigenvalue weighted by Crippen LogP contribution is 2.21. The van der Waals surface area contributed by atoms with E-state index in [1.807, 2.05) is 11.4 Å². The fourth-order valence-corrected chi connectivity index (χ4v) is 2.46. The number of halogens is 1. The number of nitrogens with zero attached hydrogens (tertiary/aromatic N) is 1. The Morgan fingerprint density at radius 3 is 2.78 bits per heavy atom. The van der Waals surface area contributed by atoms with E-state index in [9.17, 15) is 9.59 Å². The average Bonchev–Trinajstić information content (AvgIpc) is 2.70. The molecule has 0 unspecified atom stereocenters. The average molecular weight is 350 g/mol. The first-order chi connectivity index (χ1) is 8.40. The third kappa shape index (κ3) is 4.71. The zero-order valence-corrected chi connectivity index (χ0v) is 12.8. The number of thiophene rings is 1. The van der Waals surface area contributed by atoms with Gasteiger partial charge < -0.3 is 16.0 Å². The number of hydrogen-bond donors (Lipinski definition) is 2. The van der Waals surface area contributed by atoms with Gasteiger partial charge in [-0.15, -0.1) is 11.3 Å². The van der Waals surface area contributed by atoms with Gasteiger partial charge in [0.2, 0.25) is 0 Å². The number of likely N-dealkylation sites (N-methyl/N-ethyl adjacent to an activating group) is 1. The van der Waals surface area contributed by atoms with Gasteiger partial charge in [-0.1, -0.05) is 12.2 Å². The van der Waals surface area contributed by atoms with Crippen LogP contribution in [0.3, 0.4) is 0 Å². The topological polar surface area (TPSA) is 75.4 Å². The zero-order valence-electron chi connectivity index (χ0n) is 9.60. The summed E-state index contributed by atoms with van der Waals surface area (Å²) in [5, 5.41) is 4.27. The Labute approximate surface area is 122 Å². The van der Waals surface area contributed by atoms with Crippen molar-refractivity contribution in [3.8, 4) is 0 Å². The molecule has 0 saturated heterocycles. The molecule has 1 aromatic heterocycles. The van der Waals surface area contributed by atoms with Gasteiger partial charge in [0, 0.05) is 13.6 Å². The molecule has 5 nitrogen and oxygen atoms in total. The molecular formula is C10H12BrN3O2S2. The number of nitrogens with two attached hydrogens (primary N) is 1. The number of thiocarbonyl (C=S) groups is 1. The lowest BCUT2D eigenvalue weighted by Gasteiger charge is -2.15. The molecule has 0 aliphatic heterocycles. The molecule has 98 valence electrons. The van der Waals surface area contributed by atoms with Crippen molar-refractivity contribution in [2.45, 2.75) is 6.54 Å². The van der Waals surface area contributed by atoms with Crippen LogP contribution in [0.5, 0.6) is 0 Å². The quantitative estimate of drug-likeness (QED) is 0.624. The third-order valence-electron chi connectivity index (χ3n) is 2.01. The van der Waals surface area contributed by atoms with Crippen LogP contribution in [0.1, 0.15) is 5.56 Å². The molecule has 0 aliphatic carbocycles. The molecule has 0 aromatic carbocycles. The van der Waals surface area contributed by atoms with Gasteiger partial charge in [0.15, 0.2) is 0 Å². The number of carbonyl (C=O) groups excluding carboxylic acids is 2. The summed E-state index contributed by atoms with van der Waals surface area (Å²) in [5.74, 6) is -1.33. The summed E-state index contributed by atoms with van der Waals surface area (Å²) < 4.78 is 0.983. The minimum atomic E-state index is -0.709. The van der Waals surface area contributed by atoms with E-state index in [2.05, 4.69) is 33.5 Å². The van der Waals surface area contributed by atoms with Gasteiger partial charge >= 0.3 is 11.8 Å². The largest absolute Gasteiger partial charge is 0.392 e. The second-order valence-corrected chi connectivity index (χ2v) is 6.38. The maximum atomic E-state index is 11.7. The Bertz CT molecular complexity index is 475. The van der Waals surface area contributed by atoms with Crippen LogP contribution in [0.2, 0.25) is 0 Å². The lowest BCUT2D eigenvalue weighted by molar-refractivity contribution is -0.145. The maximum Gasteiger partial charge on any atom is 0.311 e. The summed E-state index contributed by atoms with van der Waals surface area (Å²) in [6.07, 6.45) is 0. The molecule has 2 amide bonds. The van der Waals surface area contributed by atoms with Crippen LogP contribution in [0, 0.1) is 0 Å². The molecule has 8 heteroatoms. The molecule has 1 aromatic rings. The Morgan fingerprint density at radius 2 is 2.28 bits per heavy atom. The summed E-state index contributed by atoms with van der Waals surface area (Å²) in [4.78, 5) is 24.6. The second kappa shape index (κ2) is 6.81. The minimum absolute atomic E-state index is 0.0255. The number of hydrogen-bond acceptors (Lipinski definition) is 4. The number of rotatable bonds is 4. The molecule has 0 spiro atoms. The van der Waals surface area contributed by atoms with E-state index in [1.165, 1.54) is 16.2 Å². The van der Waals surface area contributed by atoms with Crippen LogP contribution in [-0.4, -0.2) is 35.3 Å². The number of amides is 2. The van der Waals surface area contributed by atoms with Gasteiger partial charge in [-0.05, 0) is 32.9 Å². The monoisotopic (exact) mass is 349 g/mol. The summed E-state index contributed by atoms with van der Waals surface area (Å²) >= 11 is 9.47. The van der Waals surface area contributed by atoms with Crippen LogP contribution in [0.4, 0.5) is 0 Å². The molecule has 0 bridgehead atoms. The first kappa shape index (κ1) is 15.1. The minimum Gasteiger partial charge on any atom is -0.392 e. The molecule has 1 rings (SSSR count). The molecule has 1 heterocycles. The first-order valence-electron chi connectivity index (χ1n) is 4.94. The summed E-state index contributed by atoms with van der Waals surface area (Å²) in [5.41, 5.74) is 6.19. The summed E-state index contributed by atoms with van der Waals surface area (Å²) in [7, 11) is 1.56. The molecule has 0 radical (unpaired) electrons. The Kier molecular flexibility index (Phi) is 5.70. The predicted molar refractivity (Wildman–Crippen MR) is 78.3 cm³/mol. The highest BCUT2D eigenvalue weighted by molar-refractivity contribution is 9.11. The van der Waals surface area contributed by atoms with Crippen molar-refractivity contribution in [3.63, 3.8) is 0 Å². The summed E-state index contributed by atoms with van der Waals surface area (Å²) in [6, 6.07) is 1.90. The van der Waals surface area contributed by atoms with Crippen molar-refractivity contribution in [1.29, 1.82) is 0 Å². The van der Waals surface area contributed by atoms with E-state index in [4.69, 9.17) is 5.73 Å². The SMILES string of the molecule is CN(Cc1csc(Br)c1)C(=O)C(=O)NCC(N)=S. The Hall–Kier alpha value is -0.990. The predicted octanol–water partition coefficient (Wildman–Crippen LogP) is 0.871. The normalized spacial score (nSPS) is 9.89. The highest BCUT2D eigenvalue weighted by atomic mass is 79.9. The second-order valence-electron chi connectivity index (χ2n) is 3.57. The first-order valence-corrected chi connectivity index (χ1v) is 7.02. The van der Waals surface area contributed by atoms with E-state index < -0.39 is 11.8 Å². The van der Waals surface area contributed by atoms with Crippen LogP contribution in [0.25, 0.3) is 0 Å². The van der Waals surface area contributed by atoms with Crippen molar-refractivity contribution in [2.75, 3.05) is 13.6 Å².